The standard InChI is InChI=1S/C14H18BrNO2/c1-9-10(7-11-3-2-4-16-11)8-12-14(13(9)15)18-6-5-17-12/h8,11,16H,2-7H2,1H3. The molecule has 2 heterocycles. The summed E-state index contributed by atoms with van der Waals surface area (Å²) in [5.74, 6) is 1.74. The fourth-order valence-electron chi connectivity index (χ4n) is 2.70. The SMILES string of the molecule is Cc1c(CC2CCCN2)cc2c(c1Br)OCCO2. The van der Waals surface area contributed by atoms with Gasteiger partial charge in [0.25, 0.3) is 0 Å². The van der Waals surface area contributed by atoms with E-state index < -0.39 is 0 Å². The zero-order valence-corrected chi connectivity index (χ0v) is 12.2. The molecule has 0 bridgehead atoms. The minimum atomic E-state index is 0.609. The van der Waals surface area contributed by atoms with Crippen LogP contribution in [0.25, 0.3) is 0 Å². The number of nitrogens with one attached hydrogen (secondary N) is 1. The lowest BCUT2D eigenvalue weighted by atomic mass is 9.99. The van der Waals surface area contributed by atoms with Gasteiger partial charge in [-0.1, -0.05) is 0 Å². The van der Waals surface area contributed by atoms with Crippen LogP contribution in [0.2, 0.25) is 0 Å². The monoisotopic (exact) mass is 311 g/mol. The summed E-state index contributed by atoms with van der Waals surface area (Å²) in [6.07, 6.45) is 3.63. The summed E-state index contributed by atoms with van der Waals surface area (Å²) in [6, 6.07) is 2.76. The molecule has 1 aromatic rings. The molecule has 0 spiro atoms. The van der Waals surface area contributed by atoms with Crippen molar-refractivity contribution < 1.29 is 9.47 Å². The number of halogens is 1. The van der Waals surface area contributed by atoms with Crippen molar-refractivity contribution >= 4 is 15.9 Å². The molecule has 0 aliphatic carbocycles. The number of ether oxygens (including phenoxy) is 2. The van der Waals surface area contributed by atoms with Gasteiger partial charge in [-0.25, -0.2) is 0 Å². The first-order valence-electron chi connectivity index (χ1n) is 6.56. The number of fused-ring (bicyclic) bond motifs is 1. The zero-order chi connectivity index (χ0) is 12.5. The molecule has 0 amide bonds. The average Bonchev–Trinajstić information content (AvgIpc) is 2.89. The van der Waals surface area contributed by atoms with Crippen LogP contribution in [-0.2, 0) is 6.42 Å². The second kappa shape index (κ2) is 5.10. The van der Waals surface area contributed by atoms with Crippen LogP contribution < -0.4 is 14.8 Å². The van der Waals surface area contributed by atoms with Crippen LogP contribution in [0.5, 0.6) is 11.5 Å². The molecular weight excluding hydrogens is 294 g/mol. The minimum Gasteiger partial charge on any atom is -0.486 e. The van der Waals surface area contributed by atoms with E-state index in [0.29, 0.717) is 19.3 Å². The van der Waals surface area contributed by atoms with E-state index in [2.05, 4.69) is 34.2 Å². The van der Waals surface area contributed by atoms with E-state index in [9.17, 15) is 0 Å². The fourth-order valence-corrected chi connectivity index (χ4v) is 3.26. The topological polar surface area (TPSA) is 30.5 Å². The molecule has 1 fully saturated rings. The van der Waals surface area contributed by atoms with Gasteiger partial charge in [0.1, 0.15) is 13.2 Å². The van der Waals surface area contributed by atoms with Gasteiger partial charge in [-0.05, 0) is 65.9 Å². The number of hydrogen-bond acceptors (Lipinski definition) is 3. The Morgan fingerprint density at radius 1 is 1.39 bits per heavy atom. The summed E-state index contributed by atoms with van der Waals surface area (Å²) >= 11 is 3.64. The lowest BCUT2D eigenvalue weighted by Gasteiger charge is -2.23. The third kappa shape index (κ3) is 2.24. The van der Waals surface area contributed by atoms with Crippen LogP contribution in [0, 0.1) is 6.92 Å². The van der Waals surface area contributed by atoms with Crippen molar-refractivity contribution in [2.75, 3.05) is 19.8 Å². The minimum absolute atomic E-state index is 0.609. The van der Waals surface area contributed by atoms with Crippen molar-refractivity contribution in [2.45, 2.75) is 32.2 Å². The van der Waals surface area contributed by atoms with E-state index in [-0.39, 0.29) is 0 Å². The van der Waals surface area contributed by atoms with Crippen molar-refractivity contribution in [3.63, 3.8) is 0 Å². The molecule has 0 radical (unpaired) electrons. The lowest BCUT2D eigenvalue weighted by molar-refractivity contribution is 0.170. The Hall–Kier alpha value is -0.740. The first-order valence-corrected chi connectivity index (χ1v) is 7.36. The van der Waals surface area contributed by atoms with Crippen LogP contribution >= 0.6 is 15.9 Å². The summed E-state index contributed by atoms with van der Waals surface area (Å²) < 4.78 is 12.4. The Morgan fingerprint density at radius 2 is 2.22 bits per heavy atom. The maximum atomic E-state index is 5.69. The number of rotatable bonds is 2. The summed E-state index contributed by atoms with van der Waals surface area (Å²) in [4.78, 5) is 0. The Morgan fingerprint density at radius 3 is 3.00 bits per heavy atom. The van der Waals surface area contributed by atoms with E-state index in [1.807, 2.05) is 0 Å². The molecule has 2 aliphatic heterocycles. The van der Waals surface area contributed by atoms with Crippen LogP contribution in [0.1, 0.15) is 24.0 Å². The molecule has 2 aliphatic rings. The smallest absolute Gasteiger partial charge is 0.175 e. The quantitative estimate of drug-likeness (QED) is 0.911. The van der Waals surface area contributed by atoms with Crippen molar-refractivity contribution in [1.29, 1.82) is 0 Å². The van der Waals surface area contributed by atoms with Crippen molar-refractivity contribution in [1.82, 2.24) is 5.32 Å². The number of hydrogen-bond donors (Lipinski definition) is 1. The van der Waals surface area contributed by atoms with E-state index >= 15 is 0 Å². The normalized spacial score (nSPS) is 22.2. The Kier molecular flexibility index (Phi) is 3.48. The molecule has 1 saturated heterocycles. The molecule has 1 N–H and O–H groups in total. The van der Waals surface area contributed by atoms with Crippen LogP contribution in [0.15, 0.2) is 10.5 Å². The molecule has 1 unspecified atom stereocenters. The third-order valence-electron chi connectivity index (χ3n) is 3.76. The summed E-state index contributed by atoms with van der Waals surface area (Å²) in [5, 5.41) is 3.54. The first kappa shape index (κ1) is 12.3. The molecule has 4 heteroatoms. The predicted molar refractivity (Wildman–Crippen MR) is 74.6 cm³/mol. The first-order chi connectivity index (χ1) is 8.75. The highest BCUT2D eigenvalue weighted by molar-refractivity contribution is 9.10. The molecule has 18 heavy (non-hydrogen) atoms. The molecule has 98 valence electrons. The molecule has 1 aromatic carbocycles. The van der Waals surface area contributed by atoms with Crippen molar-refractivity contribution in [3.8, 4) is 11.5 Å². The fraction of sp³-hybridized carbons (Fsp3) is 0.571. The summed E-state index contributed by atoms with van der Waals surface area (Å²) in [7, 11) is 0. The zero-order valence-electron chi connectivity index (χ0n) is 10.6. The molecule has 0 saturated carbocycles. The highest BCUT2D eigenvalue weighted by Crippen LogP contribution is 2.41. The van der Waals surface area contributed by atoms with Gasteiger partial charge in [-0.15, -0.1) is 0 Å². The summed E-state index contributed by atoms with van der Waals surface area (Å²) in [5.41, 5.74) is 2.62. The third-order valence-corrected chi connectivity index (χ3v) is 4.71. The predicted octanol–water partition coefficient (Wildman–Crippen LogP) is 2.82. The summed E-state index contributed by atoms with van der Waals surface area (Å²) in [6.45, 7) is 4.57. The maximum Gasteiger partial charge on any atom is 0.175 e. The Labute approximate surface area is 116 Å². The molecule has 1 atom stereocenters. The average molecular weight is 312 g/mol. The molecule has 3 nitrogen and oxygen atoms in total. The van der Waals surface area contributed by atoms with E-state index in [0.717, 1.165) is 28.9 Å². The van der Waals surface area contributed by atoms with Gasteiger partial charge in [-0.3, -0.25) is 0 Å². The highest BCUT2D eigenvalue weighted by atomic mass is 79.9. The van der Waals surface area contributed by atoms with Gasteiger partial charge < -0.3 is 14.8 Å². The second-order valence-corrected chi connectivity index (χ2v) is 5.79. The number of benzene rings is 1. The van der Waals surface area contributed by atoms with Crippen LogP contribution in [-0.4, -0.2) is 25.8 Å². The largest absolute Gasteiger partial charge is 0.486 e. The second-order valence-electron chi connectivity index (χ2n) is 5.00. The van der Waals surface area contributed by atoms with Gasteiger partial charge in [0, 0.05) is 6.04 Å². The van der Waals surface area contributed by atoms with Gasteiger partial charge in [0.2, 0.25) is 0 Å². The van der Waals surface area contributed by atoms with Crippen LogP contribution in [0.3, 0.4) is 0 Å². The Balaban J connectivity index is 1.91. The van der Waals surface area contributed by atoms with Crippen molar-refractivity contribution in [2.24, 2.45) is 0 Å². The van der Waals surface area contributed by atoms with Crippen LogP contribution in [0.4, 0.5) is 0 Å². The van der Waals surface area contributed by atoms with E-state index in [1.54, 1.807) is 0 Å². The van der Waals surface area contributed by atoms with Gasteiger partial charge >= 0.3 is 0 Å². The Bertz CT molecular complexity index is 456. The van der Waals surface area contributed by atoms with Gasteiger partial charge in [0.15, 0.2) is 11.5 Å². The highest BCUT2D eigenvalue weighted by Gasteiger charge is 2.22. The van der Waals surface area contributed by atoms with Gasteiger partial charge in [0.05, 0.1) is 4.47 Å². The maximum absolute atomic E-state index is 5.69. The molecule has 3 rings (SSSR count). The molecule has 0 aromatic heterocycles. The van der Waals surface area contributed by atoms with E-state index in [4.69, 9.17) is 9.47 Å². The lowest BCUT2D eigenvalue weighted by Crippen LogP contribution is -2.24. The van der Waals surface area contributed by atoms with Crippen molar-refractivity contribution in [3.05, 3.63) is 21.7 Å². The van der Waals surface area contributed by atoms with E-state index in [1.165, 1.54) is 24.0 Å². The molecular formula is C14H18BrNO2. The van der Waals surface area contributed by atoms with Gasteiger partial charge in [-0.2, -0.15) is 0 Å².